The summed E-state index contributed by atoms with van der Waals surface area (Å²) in [6.07, 6.45) is 3.94. The molecule has 0 bridgehead atoms. The first kappa shape index (κ1) is 13.7. The Labute approximate surface area is 129 Å². The molecule has 0 aliphatic heterocycles. The number of hydrogen-bond acceptors (Lipinski definition) is 6. The molecule has 6 nitrogen and oxygen atoms in total. The zero-order valence-corrected chi connectivity index (χ0v) is 12.6. The first-order valence-corrected chi connectivity index (χ1v) is 7.45. The Kier molecular flexibility index (Phi) is 3.92. The van der Waals surface area contributed by atoms with Crippen LogP contribution < -0.4 is 5.73 Å². The van der Waals surface area contributed by atoms with Crippen LogP contribution in [-0.4, -0.2) is 25.5 Å². The van der Waals surface area contributed by atoms with Crippen LogP contribution in [0.1, 0.15) is 5.56 Å². The van der Waals surface area contributed by atoms with Crippen molar-refractivity contribution in [3.63, 3.8) is 0 Å². The molecule has 0 aliphatic rings. The fraction of sp³-hybridized carbons (Fsp3) is 0.143. The third kappa shape index (κ3) is 3.08. The van der Waals surface area contributed by atoms with E-state index in [1.54, 1.807) is 0 Å². The lowest BCUT2D eigenvalue weighted by Gasteiger charge is -1.99. The Bertz CT molecular complexity index is 724. The number of rotatable bonds is 4. The number of hydrogen-bond donors (Lipinski definition) is 1. The summed E-state index contributed by atoms with van der Waals surface area (Å²) < 4.78 is 5.62. The average molecular weight is 346 g/mol. The average Bonchev–Trinajstić information content (AvgIpc) is 2.99. The number of anilines is 1. The fourth-order valence-corrected chi connectivity index (χ4v) is 2.27. The number of aromatic nitrogens is 4. The van der Waals surface area contributed by atoms with Gasteiger partial charge in [0.05, 0.1) is 12.4 Å². The van der Waals surface area contributed by atoms with Crippen LogP contribution >= 0.6 is 15.9 Å². The smallest absolute Gasteiger partial charge is 0.268 e. The van der Waals surface area contributed by atoms with Crippen molar-refractivity contribution in [3.8, 4) is 23.0 Å². The SMILES string of the molecule is Nc1cnc(-c2nnc(-c3ccc(CCBr)cc3)o2)cn1. The largest absolute Gasteiger partial charge is 0.415 e. The Hall–Kier alpha value is -2.28. The van der Waals surface area contributed by atoms with Crippen LogP contribution in [0.4, 0.5) is 5.82 Å². The molecule has 0 radical (unpaired) electrons. The number of nitrogen functional groups attached to an aromatic ring is 1. The Morgan fingerprint density at radius 1 is 1.00 bits per heavy atom. The van der Waals surface area contributed by atoms with Gasteiger partial charge in [0.15, 0.2) is 0 Å². The lowest BCUT2D eigenvalue weighted by atomic mass is 10.1. The van der Waals surface area contributed by atoms with Gasteiger partial charge in [0.1, 0.15) is 11.5 Å². The minimum absolute atomic E-state index is 0.321. The van der Waals surface area contributed by atoms with Gasteiger partial charge < -0.3 is 10.2 Å². The van der Waals surface area contributed by atoms with Gasteiger partial charge in [-0.2, -0.15) is 0 Å². The molecular weight excluding hydrogens is 334 g/mol. The monoisotopic (exact) mass is 345 g/mol. The normalized spacial score (nSPS) is 10.7. The molecule has 2 heterocycles. The molecule has 0 aliphatic carbocycles. The second-order valence-electron chi connectivity index (χ2n) is 4.37. The number of nitrogens with two attached hydrogens (primary N) is 1. The van der Waals surface area contributed by atoms with Gasteiger partial charge in [0.25, 0.3) is 5.89 Å². The van der Waals surface area contributed by atoms with E-state index >= 15 is 0 Å². The zero-order chi connectivity index (χ0) is 14.7. The number of alkyl halides is 1. The molecule has 3 rings (SSSR count). The summed E-state index contributed by atoms with van der Waals surface area (Å²) in [7, 11) is 0. The highest BCUT2D eigenvalue weighted by Gasteiger charge is 2.11. The van der Waals surface area contributed by atoms with Crippen molar-refractivity contribution in [1.29, 1.82) is 0 Å². The highest BCUT2D eigenvalue weighted by Crippen LogP contribution is 2.22. The summed E-state index contributed by atoms with van der Waals surface area (Å²) >= 11 is 3.42. The lowest BCUT2D eigenvalue weighted by Crippen LogP contribution is -1.92. The third-order valence-electron chi connectivity index (χ3n) is 2.90. The molecular formula is C14H12BrN5O. The molecule has 0 spiro atoms. The molecule has 0 saturated heterocycles. The third-order valence-corrected chi connectivity index (χ3v) is 3.30. The second-order valence-corrected chi connectivity index (χ2v) is 5.17. The van der Waals surface area contributed by atoms with E-state index in [0.717, 1.165) is 17.3 Å². The van der Waals surface area contributed by atoms with Crippen molar-refractivity contribution in [2.24, 2.45) is 0 Å². The molecule has 0 unspecified atom stereocenters. The van der Waals surface area contributed by atoms with E-state index in [2.05, 4.69) is 36.1 Å². The van der Waals surface area contributed by atoms with Crippen molar-refractivity contribution in [3.05, 3.63) is 42.2 Å². The predicted octanol–water partition coefficient (Wildman–Crippen LogP) is 2.71. The van der Waals surface area contributed by atoms with Gasteiger partial charge in [-0.25, -0.2) is 9.97 Å². The van der Waals surface area contributed by atoms with Crippen LogP contribution in [0.15, 0.2) is 41.1 Å². The quantitative estimate of drug-likeness (QED) is 0.731. The van der Waals surface area contributed by atoms with E-state index in [-0.39, 0.29) is 0 Å². The van der Waals surface area contributed by atoms with Gasteiger partial charge in [-0.1, -0.05) is 28.1 Å². The van der Waals surface area contributed by atoms with E-state index in [1.807, 2.05) is 24.3 Å². The van der Waals surface area contributed by atoms with Gasteiger partial charge in [0.2, 0.25) is 5.89 Å². The summed E-state index contributed by atoms with van der Waals surface area (Å²) in [4.78, 5) is 8.06. The Morgan fingerprint density at radius 3 is 2.43 bits per heavy atom. The number of halogens is 1. The summed E-state index contributed by atoms with van der Waals surface area (Å²) in [6, 6.07) is 8.01. The number of nitrogens with zero attached hydrogens (tertiary/aromatic N) is 4. The molecule has 0 atom stereocenters. The minimum Gasteiger partial charge on any atom is -0.415 e. The van der Waals surface area contributed by atoms with Gasteiger partial charge in [0, 0.05) is 10.9 Å². The number of benzene rings is 1. The first-order valence-electron chi connectivity index (χ1n) is 6.33. The first-order chi connectivity index (χ1) is 10.3. The van der Waals surface area contributed by atoms with Crippen LogP contribution in [0.25, 0.3) is 23.0 Å². The molecule has 3 aromatic rings. The standard InChI is InChI=1S/C14H12BrN5O/c15-6-5-9-1-3-10(4-2-9)13-19-20-14(21-13)11-7-18-12(16)8-17-11/h1-4,7-8H,5-6H2,(H2,16,18). The summed E-state index contributed by atoms with van der Waals surface area (Å²) in [5, 5.41) is 8.96. The van der Waals surface area contributed by atoms with Crippen LogP contribution in [0.5, 0.6) is 0 Å². The van der Waals surface area contributed by atoms with Crippen molar-refractivity contribution in [1.82, 2.24) is 20.2 Å². The van der Waals surface area contributed by atoms with Gasteiger partial charge in [-0.3, -0.25) is 0 Å². The molecule has 0 saturated carbocycles. The molecule has 21 heavy (non-hydrogen) atoms. The fourth-order valence-electron chi connectivity index (χ4n) is 1.81. The zero-order valence-electron chi connectivity index (χ0n) is 11.0. The Balaban J connectivity index is 1.85. The summed E-state index contributed by atoms with van der Waals surface area (Å²) in [6.45, 7) is 0. The molecule has 2 N–H and O–H groups in total. The second kappa shape index (κ2) is 6.01. The maximum absolute atomic E-state index is 5.62. The molecule has 0 amide bonds. The topological polar surface area (TPSA) is 90.7 Å². The van der Waals surface area contributed by atoms with Crippen LogP contribution in [0, 0.1) is 0 Å². The van der Waals surface area contributed by atoms with Crippen molar-refractivity contribution < 1.29 is 4.42 Å². The Morgan fingerprint density at radius 2 is 1.76 bits per heavy atom. The number of aryl methyl sites for hydroxylation is 1. The molecule has 106 valence electrons. The minimum atomic E-state index is 0.321. The van der Waals surface area contributed by atoms with Gasteiger partial charge >= 0.3 is 0 Å². The maximum atomic E-state index is 5.62. The van der Waals surface area contributed by atoms with Crippen molar-refractivity contribution >= 4 is 21.7 Å². The van der Waals surface area contributed by atoms with Gasteiger partial charge in [-0.05, 0) is 24.1 Å². The molecule has 2 aromatic heterocycles. The van der Waals surface area contributed by atoms with Crippen LogP contribution in [-0.2, 0) is 6.42 Å². The van der Waals surface area contributed by atoms with E-state index in [0.29, 0.717) is 23.3 Å². The highest BCUT2D eigenvalue weighted by molar-refractivity contribution is 9.09. The van der Waals surface area contributed by atoms with Gasteiger partial charge in [-0.15, -0.1) is 10.2 Å². The van der Waals surface area contributed by atoms with Crippen molar-refractivity contribution in [2.45, 2.75) is 6.42 Å². The highest BCUT2D eigenvalue weighted by atomic mass is 79.9. The van der Waals surface area contributed by atoms with E-state index in [9.17, 15) is 0 Å². The van der Waals surface area contributed by atoms with Crippen molar-refractivity contribution in [2.75, 3.05) is 11.1 Å². The maximum Gasteiger partial charge on any atom is 0.268 e. The van der Waals surface area contributed by atoms with Crippen LogP contribution in [0.3, 0.4) is 0 Å². The molecule has 0 fully saturated rings. The molecule has 7 heteroatoms. The predicted molar refractivity (Wildman–Crippen MR) is 82.7 cm³/mol. The van der Waals surface area contributed by atoms with E-state index in [4.69, 9.17) is 10.2 Å². The summed E-state index contributed by atoms with van der Waals surface area (Å²) in [5.74, 6) is 1.12. The summed E-state index contributed by atoms with van der Waals surface area (Å²) in [5.41, 5.74) is 8.12. The molecule has 1 aromatic carbocycles. The van der Waals surface area contributed by atoms with Crippen LogP contribution in [0.2, 0.25) is 0 Å². The van der Waals surface area contributed by atoms with E-state index in [1.165, 1.54) is 18.0 Å². The lowest BCUT2D eigenvalue weighted by molar-refractivity contribution is 0.582. The van der Waals surface area contributed by atoms with E-state index < -0.39 is 0 Å².